The number of methoxy groups -OCH3 is 1. The Morgan fingerprint density at radius 2 is 2.20 bits per heavy atom. The smallest absolute Gasteiger partial charge is 0.176 e. The molecule has 0 fully saturated rings. The summed E-state index contributed by atoms with van der Waals surface area (Å²) in [5.41, 5.74) is 0.875. The van der Waals surface area contributed by atoms with Crippen LogP contribution in [0.1, 0.15) is 23.1 Å². The third kappa shape index (κ3) is 2.61. The van der Waals surface area contributed by atoms with E-state index in [2.05, 4.69) is 4.98 Å². The summed E-state index contributed by atoms with van der Waals surface area (Å²) >= 11 is 0. The number of imidazole rings is 1. The zero-order valence-electron chi connectivity index (χ0n) is 10.8. The summed E-state index contributed by atoms with van der Waals surface area (Å²) < 4.78 is 6.56. The van der Waals surface area contributed by atoms with Gasteiger partial charge in [0.15, 0.2) is 11.4 Å². The molecular weight excluding hydrogens is 256 g/mol. The van der Waals surface area contributed by atoms with Crippen molar-refractivity contribution in [2.45, 2.75) is 12.6 Å². The second-order valence-electron chi connectivity index (χ2n) is 4.11. The van der Waals surface area contributed by atoms with E-state index >= 15 is 0 Å². The van der Waals surface area contributed by atoms with Gasteiger partial charge in [0.1, 0.15) is 17.9 Å². The van der Waals surface area contributed by atoms with Crippen molar-refractivity contribution in [1.29, 1.82) is 10.5 Å². The first-order chi connectivity index (χ1) is 9.69. The first kappa shape index (κ1) is 13.6. The Morgan fingerprint density at radius 1 is 1.40 bits per heavy atom. The predicted molar refractivity (Wildman–Crippen MR) is 69.6 cm³/mol. The van der Waals surface area contributed by atoms with Crippen LogP contribution in [0.2, 0.25) is 0 Å². The highest BCUT2D eigenvalue weighted by molar-refractivity contribution is 5.36. The average Bonchev–Trinajstić information content (AvgIpc) is 2.88. The topological polar surface area (TPSA) is 94.9 Å². The first-order valence-corrected chi connectivity index (χ1v) is 5.87. The Balaban J connectivity index is 2.24. The van der Waals surface area contributed by atoms with Crippen molar-refractivity contribution in [3.63, 3.8) is 0 Å². The lowest BCUT2D eigenvalue weighted by Crippen LogP contribution is -2.09. The fourth-order valence-corrected chi connectivity index (χ4v) is 1.86. The molecule has 0 aliphatic heterocycles. The van der Waals surface area contributed by atoms with Gasteiger partial charge in [0.05, 0.1) is 26.1 Å². The number of aromatic nitrogens is 2. The Hall–Kier alpha value is -2.83. The van der Waals surface area contributed by atoms with E-state index in [0.717, 1.165) is 0 Å². The largest absolute Gasteiger partial charge is 0.497 e. The van der Waals surface area contributed by atoms with E-state index in [1.54, 1.807) is 31.4 Å². The Kier molecular flexibility index (Phi) is 3.99. The van der Waals surface area contributed by atoms with E-state index < -0.39 is 6.10 Å². The third-order valence-corrected chi connectivity index (χ3v) is 2.90. The molecule has 2 aromatic rings. The minimum absolute atomic E-state index is 0.0605. The third-order valence-electron chi connectivity index (χ3n) is 2.90. The van der Waals surface area contributed by atoms with Crippen molar-refractivity contribution in [3.8, 4) is 17.9 Å². The summed E-state index contributed by atoms with van der Waals surface area (Å²) in [7, 11) is 1.55. The fraction of sp³-hybridized carbons (Fsp3) is 0.214. The van der Waals surface area contributed by atoms with Gasteiger partial charge in [-0.1, -0.05) is 12.1 Å². The van der Waals surface area contributed by atoms with E-state index in [1.807, 2.05) is 12.1 Å². The molecule has 0 saturated heterocycles. The summed E-state index contributed by atoms with van der Waals surface area (Å²) in [6.45, 7) is 0.144. The molecule has 0 amide bonds. The molecule has 100 valence electrons. The van der Waals surface area contributed by atoms with Crippen molar-refractivity contribution < 1.29 is 9.84 Å². The molecule has 0 radical (unpaired) electrons. The molecule has 20 heavy (non-hydrogen) atoms. The lowest BCUT2D eigenvalue weighted by molar-refractivity contribution is 0.156. The quantitative estimate of drug-likeness (QED) is 0.903. The molecule has 0 bridgehead atoms. The predicted octanol–water partition coefficient (Wildman–Crippen LogP) is 1.37. The highest BCUT2D eigenvalue weighted by Crippen LogP contribution is 2.21. The summed E-state index contributed by atoms with van der Waals surface area (Å²) in [4.78, 5) is 3.83. The maximum Gasteiger partial charge on any atom is 0.176 e. The highest BCUT2D eigenvalue weighted by Gasteiger charge is 2.15. The molecule has 2 rings (SSSR count). The van der Waals surface area contributed by atoms with Crippen LogP contribution in [0.15, 0.2) is 30.6 Å². The van der Waals surface area contributed by atoms with Crippen molar-refractivity contribution in [2.24, 2.45) is 0 Å². The van der Waals surface area contributed by atoms with Crippen LogP contribution in [0, 0.1) is 22.7 Å². The zero-order chi connectivity index (χ0) is 14.5. The number of benzene rings is 1. The average molecular weight is 268 g/mol. The van der Waals surface area contributed by atoms with Gasteiger partial charge in [0.25, 0.3) is 0 Å². The minimum Gasteiger partial charge on any atom is -0.497 e. The van der Waals surface area contributed by atoms with Crippen molar-refractivity contribution in [1.82, 2.24) is 9.55 Å². The van der Waals surface area contributed by atoms with Crippen molar-refractivity contribution >= 4 is 0 Å². The van der Waals surface area contributed by atoms with Crippen LogP contribution in [0.4, 0.5) is 0 Å². The normalized spacial score (nSPS) is 11.4. The lowest BCUT2D eigenvalue weighted by atomic mass is 10.1. The number of nitriles is 2. The number of hydrogen-bond acceptors (Lipinski definition) is 5. The van der Waals surface area contributed by atoms with Gasteiger partial charge in [0, 0.05) is 0 Å². The van der Waals surface area contributed by atoms with Gasteiger partial charge in [0.2, 0.25) is 0 Å². The molecule has 1 unspecified atom stereocenters. The summed E-state index contributed by atoms with van der Waals surface area (Å²) in [6, 6.07) is 10.8. The van der Waals surface area contributed by atoms with E-state index in [0.29, 0.717) is 11.3 Å². The van der Waals surface area contributed by atoms with Crippen LogP contribution < -0.4 is 4.74 Å². The van der Waals surface area contributed by atoms with Gasteiger partial charge in [-0.05, 0) is 17.7 Å². The van der Waals surface area contributed by atoms with Gasteiger partial charge in [-0.15, -0.1) is 0 Å². The molecule has 1 atom stereocenters. The Bertz CT molecular complexity index is 694. The van der Waals surface area contributed by atoms with Crippen LogP contribution in [0.25, 0.3) is 0 Å². The maximum absolute atomic E-state index is 10.2. The second kappa shape index (κ2) is 5.87. The van der Waals surface area contributed by atoms with E-state index in [4.69, 9.17) is 15.3 Å². The van der Waals surface area contributed by atoms with Gasteiger partial charge in [-0.3, -0.25) is 0 Å². The molecule has 1 aromatic carbocycles. The van der Waals surface area contributed by atoms with Crippen LogP contribution in [0.3, 0.4) is 0 Å². The van der Waals surface area contributed by atoms with Gasteiger partial charge < -0.3 is 14.4 Å². The molecule has 1 aromatic heterocycles. The fourth-order valence-electron chi connectivity index (χ4n) is 1.86. The van der Waals surface area contributed by atoms with E-state index in [9.17, 15) is 5.11 Å². The van der Waals surface area contributed by atoms with Crippen LogP contribution in [0.5, 0.6) is 5.75 Å². The molecule has 0 spiro atoms. The molecule has 6 nitrogen and oxygen atoms in total. The number of aliphatic hydroxyl groups excluding tert-OH is 1. The van der Waals surface area contributed by atoms with E-state index in [-0.39, 0.29) is 17.9 Å². The Morgan fingerprint density at radius 3 is 2.85 bits per heavy atom. The molecule has 6 heteroatoms. The molecule has 1 heterocycles. The van der Waals surface area contributed by atoms with Crippen LogP contribution >= 0.6 is 0 Å². The monoisotopic (exact) mass is 268 g/mol. The minimum atomic E-state index is -0.821. The molecule has 1 N–H and O–H groups in total. The molecule has 0 saturated carbocycles. The second-order valence-corrected chi connectivity index (χ2v) is 4.11. The molecule has 0 aliphatic rings. The maximum atomic E-state index is 10.2. The Labute approximate surface area is 116 Å². The van der Waals surface area contributed by atoms with Crippen LogP contribution in [-0.2, 0) is 6.54 Å². The first-order valence-electron chi connectivity index (χ1n) is 5.87. The standard InChI is InChI=1S/C14H12N4O2/c1-20-11-4-2-3-10(5-11)14(19)8-18-9-17-12(6-15)13(18)7-16/h2-5,9,14,19H,8H2,1H3. The zero-order valence-corrected chi connectivity index (χ0v) is 10.8. The number of aliphatic hydroxyl groups is 1. The number of rotatable bonds is 4. The van der Waals surface area contributed by atoms with Crippen molar-refractivity contribution in [2.75, 3.05) is 7.11 Å². The van der Waals surface area contributed by atoms with Crippen molar-refractivity contribution in [3.05, 3.63) is 47.5 Å². The molecular formula is C14H12N4O2. The number of nitrogens with zero attached hydrogens (tertiary/aromatic N) is 4. The molecule has 0 aliphatic carbocycles. The summed E-state index contributed by atoms with van der Waals surface area (Å²) in [6.07, 6.45) is 0.554. The van der Waals surface area contributed by atoms with E-state index in [1.165, 1.54) is 10.9 Å². The van der Waals surface area contributed by atoms with Gasteiger partial charge >= 0.3 is 0 Å². The summed E-state index contributed by atoms with van der Waals surface area (Å²) in [5.74, 6) is 0.644. The highest BCUT2D eigenvalue weighted by atomic mass is 16.5. The lowest BCUT2D eigenvalue weighted by Gasteiger charge is -2.13. The number of ether oxygens (including phenoxy) is 1. The van der Waals surface area contributed by atoms with Gasteiger partial charge in [-0.25, -0.2) is 4.98 Å². The SMILES string of the molecule is COc1cccc(C(O)Cn2cnc(C#N)c2C#N)c1. The van der Waals surface area contributed by atoms with Crippen LogP contribution in [-0.4, -0.2) is 21.8 Å². The van der Waals surface area contributed by atoms with Gasteiger partial charge in [-0.2, -0.15) is 10.5 Å². The summed E-state index contributed by atoms with van der Waals surface area (Å²) in [5, 5.41) is 28.0. The number of hydrogen-bond donors (Lipinski definition) is 1.